The van der Waals surface area contributed by atoms with Crippen LogP contribution in [0, 0.1) is 6.92 Å². The van der Waals surface area contributed by atoms with E-state index in [2.05, 4.69) is 5.10 Å². The van der Waals surface area contributed by atoms with Crippen LogP contribution in [0.2, 0.25) is 0 Å². The number of morpholine rings is 1. The molecule has 0 unspecified atom stereocenters. The lowest BCUT2D eigenvalue weighted by atomic mass is 10.2. The lowest BCUT2D eigenvalue weighted by molar-refractivity contribution is -0.146. The Morgan fingerprint density at radius 1 is 1.21 bits per heavy atom. The molecule has 2 aromatic heterocycles. The molecule has 4 rings (SSSR count). The van der Waals surface area contributed by atoms with E-state index in [9.17, 15) is 9.59 Å². The van der Waals surface area contributed by atoms with Crippen LogP contribution in [0.25, 0.3) is 15.9 Å². The van der Waals surface area contributed by atoms with Crippen LogP contribution in [0.1, 0.15) is 29.2 Å². The maximum absolute atomic E-state index is 12.6. The van der Waals surface area contributed by atoms with Crippen LogP contribution in [-0.2, 0) is 14.3 Å². The maximum Gasteiger partial charge on any atom is 0.348 e. The summed E-state index contributed by atoms with van der Waals surface area (Å²) in [7, 11) is 0. The van der Waals surface area contributed by atoms with E-state index in [-0.39, 0.29) is 24.7 Å². The summed E-state index contributed by atoms with van der Waals surface area (Å²) in [5.41, 5.74) is 1.77. The normalized spacial score (nSPS) is 19.5. The van der Waals surface area contributed by atoms with Crippen LogP contribution in [0.4, 0.5) is 0 Å². The molecule has 0 N–H and O–H groups in total. The summed E-state index contributed by atoms with van der Waals surface area (Å²) in [6.45, 7) is 6.52. The molecule has 29 heavy (non-hydrogen) atoms. The smallest absolute Gasteiger partial charge is 0.348 e. The number of carbonyl (C=O) groups excluding carboxylic acids is 2. The minimum Gasteiger partial charge on any atom is -0.451 e. The van der Waals surface area contributed by atoms with Crippen molar-refractivity contribution in [3.8, 4) is 5.69 Å². The molecular weight excluding hydrogens is 390 g/mol. The first-order valence-corrected chi connectivity index (χ1v) is 10.4. The molecule has 2 atom stereocenters. The summed E-state index contributed by atoms with van der Waals surface area (Å²) in [6, 6.07) is 11.5. The molecule has 7 nitrogen and oxygen atoms in total. The van der Waals surface area contributed by atoms with Crippen LogP contribution < -0.4 is 0 Å². The molecule has 8 heteroatoms. The van der Waals surface area contributed by atoms with Crippen molar-refractivity contribution in [1.82, 2.24) is 14.7 Å². The van der Waals surface area contributed by atoms with Crippen molar-refractivity contribution in [2.45, 2.75) is 33.0 Å². The van der Waals surface area contributed by atoms with Crippen LogP contribution in [0.15, 0.2) is 36.4 Å². The quantitative estimate of drug-likeness (QED) is 0.614. The first-order valence-electron chi connectivity index (χ1n) is 9.57. The highest BCUT2D eigenvalue weighted by Crippen LogP contribution is 2.30. The fourth-order valence-electron chi connectivity index (χ4n) is 3.56. The lowest BCUT2D eigenvalue weighted by Crippen LogP contribution is -2.49. The molecule has 1 aromatic carbocycles. The van der Waals surface area contributed by atoms with Gasteiger partial charge in [-0.15, -0.1) is 11.3 Å². The number of thiophene rings is 1. The Bertz CT molecular complexity index is 1030. The van der Waals surface area contributed by atoms with Gasteiger partial charge >= 0.3 is 5.97 Å². The Morgan fingerprint density at radius 2 is 1.90 bits per heavy atom. The van der Waals surface area contributed by atoms with E-state index in [0.717, 1.165) is 21.6 Å². The van der Waals surface area contributed by atoms with E-state index >= 15 is 0 Å². The Balaban J connectivity index is 1.47. The highest BCUT2D eigenvalue weighted by atomic mass is 32.1. The van der Waals surface area contributed by atoms with Gasteiger partial charge in [-0.05, 0) is 39.0 Å². The third-order valence-electron chi connectivity index (χ3n) is 4.85. The van der Waals surface area contributed by atoms with E-state index < -0.39 is 5.97 Å². The van der Waals surface area contributed by atoms with Crippen molar-refractivity contribution in [3.05, 3.63) is 47.0 Å². The highest BCUT2D eigenvalue weighted by molar-refractivity contribution is 7.20. The minimum absolute atomic E-state index is 0.0232. The van der Waals surface area contributed by atoms with Gasteiger partial charge in [0, 0.05) is 18.5 Å². The lowest BCUT2D eigenvalue weighted by Gasteiger charge is -2.35. The fourth-order valence-corrected chi connectivity index (χ4v) is 4.64. The molecule has 0 bridgehead atoms. The third-order valence-corrected chi connectivity index (χ3v) is 5.94. The standard InChI is InChI=1S/C21H23N3O4S/c1-13-10-23(11-14(2)28-13)19(25)12-27-21(26)18-9-17-15(3)22-24(20(17)29-18)16-7-5-4-6-8-16/h4-9,13-14H,10-12H2,1-3H3/t13-,14-/m1/s1. The molecule has 0 saturated carbocycles. The average Bonchev–Trinajstić information content (AvgIpc) is 3.26. The van der Waals surface area contributed by atoms with Crippen molar-refractivity contribution in [2.75, 3.05) is 19.7 Å². The van der Waals surface area contributed by atoms with Crippen LogP contribution >= 0.6 is 11.3 Å². The van der Waals surface area contributed by atoms with E-state index in [1.807, 2.05) is 55.8 Å². The molecule has 1 saturated heterocycles. The predicted molar refractivity (Wildman–Crippen MR) is 111 cm³/mol. The number of rotatable bonds is 4. The van der Waals surface area contributed by atoms with Gasteiger partial charge in [-0.2, -0.15) is 5.10 Å². The summed E-state index contributed by atoms with van der Waals surface area (Å²) in [5.74, 6) is -0.693. The van der Waals surface area contributed by atoms with Gasteiger partial charge in [0.15, 0.2) is 6.61 Å². The molecule has 0 aliphatic carbocycles. The second kappa shape index (κ2) is 7.96. The Labute approximate surface area is 172 Å². The van der Waals surface area contributed by atoms with Crippen LogP contribution in [-0.4, -0.2) is 58.5 Å². The molecule has 1 fully saturated rings. The molecule has 0 radical (unpaired) electrons. The molecular formula is C21H23N3O4S. The third kappa shape index (κ3) is 4.04. The molecule has 3 aromatic rings. The van der Waals surface area contributed by atoms with Gasteiger partial charge in [0.2, 0.25) is 0 Å². The second-order valence-corrected chi connectivity index (χ2v) is 8.33. The number of amides is 1. The number of nitrogens with zero attached hydrogens (tertiary/aromatic N) is 3. The topological polar surface area (TPSA) is 73.7 Å². The Morgan fingerprint density at radius 3 is 2.59 bits per heavy atom. The highest BCUT2D eigenvalue weighted by Gasteiger charge is 2.27. The van der Waals surface area contributed by atoms with E-state index in [1.165, 1.54) is 11.3 Å². The van der Waals surface area contributed by atoms with Gasteiger partial charge in [-0.3, -0.25) is 4.79 Å². The van der Waals surface area contributed by atoms with Gasteiger partial charge in [0.25, 0.3) is 5.91 Å². The van der Waals surface area contributed by atoms with Gasteiger partial charge < -0.3 is 14.4 Å². The Hall–Kier alpha value is -2.71. The summed E-state index contributed by atoms with van der Waals surface area (Å²) in [5, 5.41) is 5.48. The first-order chi connectivity index (χ1) is 13.9. The van der Waals surface area contributed by atoms with Crippen molar-refractivity contribution < 1.29 is 19.1 Å². The monoisotopic (exact) mass is 413 g/mol. The Kier molecular flexibility index (Phi) is 5.38. The zero-order valence-corrected chi connectivity index (χ0v) is 17.4. The van der Waals surface area contributed by atoms with Gasteiger partial charge in [-0.25, -0.2) is 9.48 Å². The van der Waals surface area contributed by atoms with Crippen molar-refractivity contribution in [1.29, 1.82) is 0 Å². The van der Waals surface area contributed by atoms with Crippen LogP contribution in [0.3, 0.4) is 0 Å². The molecule has 0 spiro atoms. The number of carbonyl (C=O) groups is 2. The minimum atomic E-state index is -0.493. The number of para-hydroxylation sites is 1. The summed E-state index contributed by atoms with van der Waals surface area (Å²) >= 11 is 1.32. The largest absolute Gasteiger partial charge is 0.451 e. The molecule has 3 heterocycles. The molecule has 152 valence electrons. The van der Waals surface area contributed by atoms with Gasteiger partial charge in [0.05, 0.1) is 23.6 Å². The number of aryl methyl sites for hydroxylation is 1. The SMILES string of the molecule is Cc1nn(-c2ccccc2)c2sc(C(=O)OCC(=O)N3C[C@@H](C)O[C@H](C)C3)cc12. The molecule has 1 aliphatic rings. The van der Waals surface area contributed by atoms with Gasteiger partial charge in [0.1, 0.15) is 9.71 Å². The predicted octanol–water partition coefficient (Wildman–Crippen LogP) is 3.19. The van der Waals surface area contributed by atoms with Crippen LogP contribution in [0.5, 0.6) is 0 Å². The summed E-state index contributed by atoms with van der Waals surface area (Å²) < 4.78 is 12.8. The number of esters is 1. The number of hydrogen-bond acceptors (Lipinski definition) is 6. The van der Waals surface area contributed by atoms with E-state index in [0.29, 0.717) is 18.0 Å². The molecule has 1 aliphatic heterocycles. The number of aromatic nitrogens is 2. The first kappa shape index (κ1) is 19.6. The number of fused-ring (bicyclic) bond motifs is 1. The maximum atomic E-state index is 12.6. The second-order valence-electron chi connectivity index (χ2n) is 7.29. The van der Waals surface area contributed by atoms with E-state index in [4.69, 9.17) is 9.47 Å². The summed E-state index contributed by atoms with van der Waals surface area (Å²) in [6.07, 6.45) is -0.0465. The zero-order valence-electron chi connectivity index (χ0n) is 16.6. The van der Waals surface area contributed by atoms with E-state index in [1.54, 1.807) is 11.0 Å². The number of benzene rings is 1. The van der Waals surface area contributed by atoms with Crippen molar-refractivity contribution >= 4 is 33.4 Å². The van der Waals surface area contributed by atoms with Crippen molar-refractivity contribution in [3.63, 3.8) is 0 Å². The fraction of sp³-hybridized carbons (Fsp3) is 0.381. The molecule has 1 amide bonds. The number of ether oxygens (including phenoxy) is 2. The average molecular weight is 413 g/mol. The summed E-state index contributed by atoms with van der Waals surface area (Å²) in [4.78, 5) is 28.0. The zero-order chi connectivity index (χ0) is 20.5. The number of hydrogen-bond donors (Lipinski definition) is 0. The van der Waals surface area contributed by atoms with Crippen molar-refractivity contribution in [2.24, 2.45) is 0 Å². The van der Waals surface area contributed by atoms with Gasteiger partial charge in [-0.1, -0.05) is 18.2 Å².